The van der Waals surface area contributed by atoms with Gasteiger partial charge >= 0.3 is 0 Å². The summed E-state index contributed by atoms with van der Waals surface area (Å²) < 4.78 is 4.17. The molecule has 1 unspecified atom stereocenters. The van der Waals surface area contributed by atoms with Gasteiger partial charge in [0, 0.05) is 50.0 Å². The van der Waals surface area contributed by atoms with Gasteiger partial charge in [-0.1, -0.05) is 12.1 Å². The van der Waals surface area contributed by atoms with Crippen LogP contribution in [0.25, 0.3) is 27.9 Å². The van der Waals surface area contributed by atoms with Crippen molar-refractivity contribution in [3.05, 3.63) is 71.9 Å². The number of nitrogens with two attached hydrogens (primary N) is 1. The van der Waals surface area contributed by atoms with Crippen LogP contribution in [0.15, 0.2) is 55.0 Å². The Morgan fingerprint density at radius 3 is 2.69 bits per heavy atom. The number of aromatic nitrogens is 6. The van der Waals surface area contributed by atoms with Crippen LogP contribution in [0, 0.1) is 6.92 Å². The van der Waals surface area contributed by atoms with Crippen molar-refractivity contribution in [3.63, 3.8) is 0 Å². The first-order valence-electron chi connectivity index (χ1n) is 12.4. The summed E-state index contributed by atoms with van der Waals surface area (Å²) in [5.74, 6) is 0.455. The van der Waals surface area contributed by atoms with Crippen LogP contribution < -0.4 is 5.73 Å². The fourth-order valence-electron chi connectivity index (χ4n) is 5.24. The molecule has 9 nitrogen and oxygen atoms in total. The fraction of sp³-hybridized carbons (Fsp3) is 0.333. The van der Waals surface area contributed by atoms with Crippen molar-refractivity contribution in [1.82, 2.24) is 38.9 Å². The molecule has 1 saturated heterocycles. The van der Waals surface area contributed by atoms with Crippen LogP contribution in [-0.2, 0) is 6.54 Å². The fourth-order valence-corrected chi connectivity index (χ4v) is 5.24. The number of piperazine rings is 1. The molecule has 1 atom stereocenters. The van der Waals surface area contributed by atoms with Gasteiger partial charge in [0.1, 0.15) is 12.1 Å². The molecule has 5 aromatic rings. The average Bonchev–Trinajstić information content (AvgIpc) is 3.44. The zero-order valence-electron chi connectivity index (χ0n) is 21.0. The number of aryl methyl sites for hydroxylation is 1. The molecule has 1 aliphatic heterocycles. The van der Waals surface area contributed by atoms with E-state index in [1.165, 1.54) is 6.33 Å². The van der Waals surface area contributed by atoms with Gasteiger partial charge in [-0.05, 0) is 51.2 Å². The average molecular weight is 482 g/mol. The first-order valence-corrected chi connectivity index (χ1v) is 12.4. The molecule has 0 aromatic carbocycles. The number of anilines is 1. The van der Waals surface area contributed by atoms with Gasteiger partial charge in [0.15, 0.2) is 5.65 Å². The van der Waals surface area contributed by atoms with Crippen molar-refractivity contribution in [3.8, 4) is 11.4 Å². The maximum Gasteiger partial charge on any atom is 0.164 e. The molecule has 0 aliphatic carbocycles. The second kappa shape index (κ2) is 9.00. The maximum atomic E-state index is 6.17. The van der Waals surface area contributed by atoms with E-state index in [-0.39, 0.29) is 6.04 Å². The summed E-state index contributed by atoms with van der Waals surface area (Å²) in [6.07, 6.45) is 3.60. The van der Waals surface area contributed by atoms with E-state index in [4.69, 9.17) is 15.8 Å². The Hall–Kier alpha value is -3.82. The summed E-state index contributed by atoms with van der Waals surface area (Å²) in [6.45, 7) is 9.27. The smallest absolute Gasteiger partial charge is 0.164 e. The minimum atomic E-state index is -0.0894. The van der Waals surface area contributed by atoms with Crippen LogP contribution in [0.1, 0.15) is 29.9 Å². The Labute approximate surface area is 210 Å². The van der Waals surface area contributed by atoms with Gasteiger partial charge < -0.3 is 15.0 Å². The molecule has 0 bridgehead atoms. The first kappa shape index (κ1) is 22.6. The highest BCUT2D eigenvalue weighted by molar-refractivity contribution is 5.88. The van der Waals surface area contributed by atoms with Gasteiger partial charge in [-0.25, -0.2) is 19.6 Å². The quantitative estimate of drug-likeness (QED) is 0.411. The number of pyridine rings is 2. The second-order valence-corrected chi connectivity index (χ2v) is 9.70. The number of nitrogens with zero attached hydrogens (tertiary/aromatic N) is 8. The summed E-state index contributed by atoms with van der Waals surface area (Å²) in [7, 11) is 2.18. The van der Waals surface area contributed by atoms with Crippen molar-refractivity contribution in [2.45, 2.75) is 26.4 Å². The van der Waals surface area contributed by atoms with E-state index in [0.717, 1.165) is 77.6 Å². The van der Waals surface area contributed by atoms with Gasteiger partial charge in [-0.15, -0.1) is 0 Å². The Morgan fingerprint density at radius 1 is 1.03 bits per heavy atom. The molecule has 6 heterocycles. The number of rotatable bonds is 5. The molecule has 0 radical (unpaired) electrons. The lowest BCUT2D eigenvalue weighted by atomic mass is 10.1. The third-order valence-corrected chi connectivity index (χ3v) is 7.25. The standard InChI is InChI=1S/C27H31N9/c1-18-24-26(28)29-17-30-27(24)36(32-18)19(2)22-15-21-8-4-5-10-35(21)25(22)23-9-6-7-20(31-23)16-34-13-11-33(3)12-14-34/h4-10,15,17,19H,11-14,16H2,1-3H3,(H2,28,29,30). The summed E-state index contributed by atoms with van der Waals surface area (Å²) in [5.41, 5.74) is 13.1. The van der Waals surface area contributed by atoms with Crippen LogP contribution in [0.3, 0.4) is 0 Å². The molecule has 0 saturated carbocycles. The minimum absolute atomic E-state index is 0.0894. The predicted octanol–water partition coefficient (Wildman–Crippen LogP) is 3.39. The van der Waals surface area contributed by atoms with Crippen molar-refractivity contribution in [2.24, 2.45) is 0 Å². The summed E-state index contributed by atoms with van der Waals surface area (Å²) >= 11 is 0. The van der Waals surface area contributed by atoms with E-state index < -0.39 is 0 Å². The monoisotopic (exact) mass is 481 g/mol. The zero-order chi connectivity index (χ0) is 24.8. The molecule has 0 amide bonds. The lowest BCUT2D eigenvalue weighted by molar-refractivity contribution is 0.147. The largest absolute Gasteiger partial charge is 0.383 e. The highest BCUT2D eigenvalue weighted by atomic mass is 15.3. The number of nitrogen functional groups attached to an aromatic ring is 1. The van der Waals surface area contributed by atoms with E-state index in [1.807, 2.05) is 11.6 Å². The molecule has 6 rings (SSSR count). The Bertz CT molecular complexity index is 1540. The molecule has 1 fully saturated rings. The summed E-state index contributed by atoms with van der Waals surface area (Å²) in [5, 5.41) is 5.63. The Morgan fingerprint density at radius 2 is 1.86 bits per heavy atom. The summed E-state index contributed by atoms with van der Waals surface area (Å²) in [4.78, 5) is 18.7. The first-order chi connectivity index (χ1) is 17.5. The van der Waals surface area contributed by atoms with Gasteiger partial charge in [0.25, 0.3) is 0 Å². The molecular weight excluding hydrogens is 450 g/mol. The van der Waals surface area contributed by atoms with E-state index in [0.29, 0.717) is 5.82 Å². The zero-order valence-corrected chi connectivity index (χ0v) is 21.0. The number of hydrogen-bond donors (Lipinski definition) is 1. The van der Waals surface area contributed by atoms with Gasteiger partial charge in [-0.2, -0.15) is 5.10 Å². The van der Waals surface area contributed by atoms with Crippen LogP contribution in [0.5, 0.6) is 0 Å². The SMILES string of the molecule is Cc1nn(C(C)c2cc3ccccn3c2-c2cccc(CN3CCN(C)CC3)n2)c2ncnc(N)c12. The molecular formula is C27H31N9. The van der Waals surface area contributed by atoms with Gasteiger partial charge in [-0.3, -0.25) is 4.90 Å². The molecule has 5 aromatic heterocycles. The third kappa shape index (κ3) is 3.90. The van der Waals surface area contributed by atoms with Crippen molar-refractivity contribution < 1.29 is 0 Å². The topological polar surface area (TPSA) is 93.4 Å². The van der Waals surface area contributed by atoms with Crippen molar-refractivity contribution in [1.29, 1.82) is 0 Å². The van der Waals surface area contributed by atoms with Crippen LogP contribution >= 0.6 is 0 Å². The Kier molecular flexibility index (Phi) is 5.66. The highest BCUT2D eigenvalue weighted by Gasteiger charge is 2.24. The van der Waals surface area contributed by atoms with E-state index in [9.17, 15) is 0 Å². The van der Waals surface area contributed by atoms with Crippen LogP contribution in [0.2, 0.25) is 0 Å². The molecule has 2 N–H and O–H groups in total. The molecule has 184 valence electrons. The lowest BCUT2D eigenvalue weighted by Crippen LogP contribution is -2.44. The minimum Gasteiger partial charge on any atom is -0.383 e. The molecule has 36 heavy (non-hydrogen) atoms. The van der Waals surface area contributed by atoms with E-state index >= 15 is 0 Å². The predicted molar refractivity (Wildman–Crippen MR) is 142 cm³/mol. The van der Waals surface area contributed by atoms with Gasteiger partial charge in [0.05, 0.1) is 34.2 Å². The van der Waals surface area contributed by atoms with Crippen LogP contribution in [-0.4, -0.2) is 72.2 Å². The van der Waals surface area contributed by atoms with Gasteiger partial charge in [0.2, 0.25) is 0 Å². The van der Waals surface area contributed by atoms with E-state index in [1.54, 1.807) is 0 Å². The molecule has 0 spiro atoms. The van der Waals surface area contributed by atoms with E-state index in [2.05, 4.69) is 86.8 Å². The second-order valence-electron chi connectivity index (χ2n) is 9.70. The number of hydrogen-bond acceptors (Lipinski definition) is 7. The normalized spacial score (nSPS) is 16.2. The molecule has 1 aliphatic rings. The number of fused-ring (bicyclic) bond motifs is 2. The third-order valence-electron chi connectivity index (χ3n) is 7.25. The Balaban J connectivity index is 1.44. The molecule has 9 heteroatoms. The van der Waals surface area contributed by atoms with Crippen molar-refractivity contribution in [2.75, 3.05) is 39.0 Å². The highest BCUT2D eigenvalue weighted by Crippen LogP contribution is 2.34. The van der Waals surface area contributed by atoms with Crippen LogP contribution in [0.4, 0.5) is 5.82 Å². The van der Waals surface area contributed by atoms with Crippen molar-refractivity contribution >= 4 is 22.4 Å². The number of likely N-dealkylation sites (N-methyl/N-ethyl adjacent to an activating group) is 1. The maximum absolute atomic E-state index is 6.17. The lowest BCUT2D eigenvalue weighted by Gasteiger charge is -2.32. The summed E-state index contributed by atoms with van der Waals surface area (Å²) in [6, 6.07) is 14.7.